The third-order valence-corrected chi connectivity index (χ3v) is 5.25. The number of carbonyl (C=O) groups is 1. The van der Waals surface area contributed by atoms with Gasteiger partial charge in [-0.2, -0.15) is 0 Å². The number of rotatable bonds is 2. The minimum atomic E-state index is -0.563. The number of phenols is 1. The molecule has 0 bridgehead atoms. The quantitative estimate of drug-likeness (QED) is 0.674. The van der Waals surface area contributed by atoms with Crippen LogP contribution in [0.5, 0.6) is 5.75 Å². The zero-order valence-electron chi connectivity index (χ0n) is 14.7. The predicted octanol–water partition coefficient (Wildman–Crippen LogP) is 4.97. The van der Waals surface area contributed by atoms with Gasteiger partial charge in [0.1, 0.15) is 5.75 Å². The fourth-order valence-corrected chi connectivity index (χ4v) is 3.83. The van der Waals surface area contributed by atoms with Crippen LogP contribution in [0.1, 0.15) is 31.0 Å². The van der Waals surface area contributed by atoms with Gasteiger partial charge in [-0.1, -0.05) is 48.0 Å². The van der Waals surface area contributed by atoms with Gasteiger partial charge in [0.25, 0.3) is 0 Å². The molecule has 3 aromatic carbocycles. The van der Waals surface area contributed by atoms with Gasteiger partial charge in [0, 0.05) is 11.3 Å². The first-order valence-electron chi connectivity index (χ1n) is 8.52. The zero-order chi connectivity index (χ0) is 17.8. The van der Waals surface area contributed by atoms with E-state index in [1.807, 2.05) is 75.4 Å². The van der Waals surface area contributed by atoms with Crippen LogP contribution in [0.4, 0.5) is 5.69 Å². The van der Waals surface area contributed by atoms with E-state index in [-0.39, 0.29) is 17.7 Å². The number of phenolic OH excluding ortho intramolecular Hbond substituents is 1. The van der Waals surface area contributed by atoms with Crippen molar-refractivity contribution >= 4 is 22.4 Å². The molecule has 1 saturated heterocycles. The fraction of sp³-hybridized carbons (Fsp3) is 0.227. The third-order valence-electron chi connectivity index (χ3n) is 5.25. The van der Waals surface area contributed by atoms with E-state index < -0.39 is 5.41 Å². The second-order valence-corrected chi connectivity index (χ2v) is 7.35. The van der Waals surface area contributed by atoms with Crippen LogP contribution in [0, 0.1) is 12.3 Å². The number of carbonyl (C=O) groups excluding carboxylic acids is 1. The molecular weight excluding hydrogens is 310 g/mol. The molecule has 0 spiro atoms. The van der Waals surface area contributed by atoms with Gasteiger partial charge in [0.15, 0.2) is 0 Å². The van der Waals surface area contributed by atoms with Gasteiger partial charge in [0.05, 0.1) is 11.5 Å². The van der Waals surface area contributed by atoms with Crippen molar-refractivity contribution in [2.75, 3.05) is 4.90 Å². The highest BCUT2D eigenvalue weighted by Crippen LogP contribution is 2.54. The Morgan fingerprint density at radius 2 is 1.64 bits per heavy atom. The molecular formula is C22H21NO2. The molecule has 1 atom stereocenters. The molecule has 25 heavy (non-hydrogen) atoms. The number of fused-ring (bicyclic) bond motifs is 1. The Morgan fingerprint density at radius 3 is 2.36 bits per heavy atom. The lowest BCUT2D eigenvalue weighted by atomic mass is 9.69. The van der Waals surface area contributed by atoms with Gasteiger partial charge in [0.2, 0.25) is 5.91 Å². The lowest BCUT2D eigenvalue weighted by molar-refractivity contribution is -0.137. The van der Waals surface area contributed by atoms with Gasteiger partial charge >= 0.3 is 0 Å². The van der Waals surface area contributed by atoms with E-state index in [4.69, 9.17) is 0 Å². The summed E-state index contributed by atoms with van der Waals surface area (Å²) >= 11 is 0. The van der Waals surface area contributed by atoms with Gasteiger partial charge in [-0.25, -0.2) is 0 Å². The highest BCUT2D eigenvalue weighted by Gasteiger charge is 2.56. The third kappa shape index (κ3) is 2.23. The number of anilines is 1. The summed E-state index contributed by atoms with van der Waals surface area (Å²) in [5.74, 6) is 0.315. The maximum absolute atomic E-state index is 12.8. The SMILES string of the molecule is Cc1ccc(N2C(=O)C(C)(C)[C@H]2c2c(O)ccc3ccccc23)cc1. The number of nitrogens with zero attached hydrogens (tertiary/aromatic N) is 1. The van der Waals surface area contributed by atoms with Crippen LogP contribution in [0.3, 0.4) is 0 Å². The largest absolute Gasteiger partial charge is 0.508 e. The molecule has 1 aliphatic rings. The van der Waals surface area contributed by atoms with Crippen LogP contribution >= 0.6 is 0 Å². The normalized spacial score (nSPS) is 19.1. The number of hydrogen-bond acceptors (Lipinski definition) is 2. The molecule has 1 aliphatic heterocycles. The monoisotopic (exact) mass is 331 g/mol. The summed E-state index contributed by atoms with van der Waals surface area (Å²) in [6.45, 7) is 5.93. The fourth-order valence-electron chi connectivity index (χ4n) is 3.83. The second-order valence-electron chi connectivity index (χ2n) is 7.35. The predicted molar refractivity (Wildman–Crippen MR) is 101 cm³/mol. The molecule has 0 unspecified atom stereocenters. The highest BCUT2D eigenvalue weighted by molar-refractivity contribution is 6.07. The van der Waals surface area contributed by atoms with Crippen molar-refractivity contribution in [3.8, 4) is 5.75 Å². The number of aromatic hydroxyl groups is 1. The summed E-state index contributed by atoms with van der Waals surface area (Å²) in [7, 11) is 0. The van der Waals surface area contributed by atoms with Crippen molar-refractivity contribution in [1.82, 2.24) is 0 Å². The Kier molecular flexibility index (Phi) is 3.36. The average Bonchev–Trinajstić information content (AvgIpc) is 2.61. The molecule has 126 valence electrons. The van der Waals surface area contributed by atoms with E-state index in [1.165, 1.54) is 0 Å². The summed E-state index contributed by atoms with van der Waals surface area (Å²) in [4.78, 5) is 14.7. The Morgan fingerprint density at radius 1 is 0.960 bits per heavy atom. The Bertz CT molecular complexity index is 973. The Hall–Kier alpha value is -2.81. The number of aryl methyl sites for hydroxylation is 1. The van der Waals surface area contributed by atoms with E-state index in [9.17, 15) is 9.90 Å². The van der Waals surface area contributed by atoms with Crippen molar-refractivity contribution in [1.29, 1.82) is 0 Å². The molecule has 4 rings (SSSR count). The van der Waals surface area contributed by atoms with E-state index in [2.05, 4.69) is 0 Å². The molecule has 3 heteroatoms. The molecule has 0 aromatic heterocycles. The summed E-state index contributed by atoms with van der Waals surface area (Å²) in [6, 6.07) is 19.4. The minimum absolute atomic E-state index is 0.0775. The number of β-lactam (4-membered cyclic amide) rings is 1. The van der Waals surface area contributed by atoms with Crippen LogP contribution in [0.15, 0.2) is 60.7 Å². The average molecular weight is 331 g/mol. The molecule has 0 radical (unpaired) electrons. The lowest BCUT2D eigenvalue weighted by Gasteiger charge is -2.53. The Labute approximate surface area is 147 Å². The molecule has 1 fully saturated rings. The summed E-state index contributed by atoms with van der Waals surface area (Å²) in [5, 5.41) is 12.7. The van der Waals surface area contributed by atoms with Crippen molar-refractivity contribution < 1.29 is 9.90 Å². The number of hydrogen-bond donors (Lipinski definition) is 1. The summed E-state index contributed by atoms with van der Waals surface area (Å²) in [6.07, 6.45) is 0. The molecule has 1 amide bonds. The van der Waals surface area contributed by atoms with E-state index in [0.29, 0.717) is 0 Å². The first kappa shape index (κ1) is 15.7. The van der Waals surface area contributed by atoms with Crippen LogP contribution in [0.25, 0.3) is 10.8 Å². The van der Waals surface area contributed by atoms with Crippen LogP contribution < -0.4 is 4.90 Å². The Balaban J connectivity index is 1.92. The molecule has 1 N–H and O–H groups in total. The van der Waals surface area contributed by atoms with Gasteiger partial charge in [-0.05, 0) is 49.7 Å². The second kappa shape index (κ2) is 5.35. The van der Waals surface area contributed by atoms with Crippen molar-refractivity contribution in [2.24, 2.45) is 5.41 Å². The van der Waals surface area contributed by atoms with Crippen molar-refractivity contribution in [3.63, 3.8) is 0 Å². The van der Waals surface area contributed by atoms with E-state index >= 15 is 0 Å². The summed E-state index contributed by atoms with van der Waals surface area (Å²) < 4.78 is 0. The molecule has 3 nitrogen and oxygen atoms in total. The molecule has 1 heterocycles. The maximum atomic E-state index is 12.8. The topological polar surface area (TPSA) is 40.5 Å². The smallest absolute Gasteiger partial charge is 0.235 e. The van der Waals surface area contributed by atoms with E-state index in [1.54, 1.807) is 11.0 Å². The van der Waals surface area contributed by atoms with Crippen LogP contribution in [-0.2, 0) is 4.79 Å². The molecule has 0 aliphatic carbocycles. The zero-order valence-corrected chi connectivity index (χ0v) is 14.7. The number of benzene rings is 3. The molecule has 0 saturated carbocycles. The first-order chi connectivity index (χ1) is 11.9. The van der Waals surface area contributed by atoms with Crippen molar-refractivity contribution in [3.05, 3.63) is 71.8 Å². The van der Waals surface area contributed by atoms with Crippen molar-refractivity contribution in [2.45, 2.75) is 26.8 Å². The lowest BCUT2D eigenvalue weighted by Crippen LogP contribution is -2.61. The first-order valence-corrected chi connectivity index (χ1v) is 8.52. The minimum Gasteiger partial charge on any atom is -0.508 e. The van der Waals surface area contributed by atoms with Crippen LogP contribution in [-0.4, -0.2) is 11.0 Å². The van der Waals surface area contributed by atoms with Gasteiger partial charge < -0.3 is 10.0 Å². The van der Waals surface area contributed by atoms with Crippen LogP contribution in [0.2, 0.25) is 0 Å². The number of amides is 1. The summed E-state index contributed by atoms with van der Waals surface area (Å²) in [5.41, 5.74) is 2.28. The van der Waals surface area contributed by atoms with Gasteiger partial charge in [-0.3, -0.25) is 4.79 Å². The van der Waals surface area contributed by atoms with E-state index in [0.717, 1.165) is 27.6 Å². The maximum Gasteiger partial charge on any atom is 0.235 e. The highest BCUT2D eigenvalue weighted by atomic mass is 16.3. The standard InChI is InChI=1S/C22H21NO2/c1-14-8-11-16(12-9-14)23-20(22(2,3)21(23)25)19-17-7-5-4-6-15(17)10-13-18(19)24/h4-13,20,24H,1-3H3/t20-/m1/s1. The van der Waals surface area contributed by atoms with Gasteiger partial charge in [-0.15, -0.1) is 0 Å². The molecule has 3 aromatic rings.